The van der Waals surface area contributed by atoms with Crippen LogP contribution < -0.4 is 10.1 Å². The lowest BCUT2D eigenvalue weighted by atomic mass is 10.0. The molecule has 2 aromatic carbocycles. The van der Waals surface area contributed by atoms with Gasteiger partial charge in [0.15, 0.2) is 6.61 Å². The van der Waals surface area contributed by atoms with E-state index < -0.39 is 10.0 Å². The number of nitrogens with one attached hydrogen (secondary N) is 1. The zero-order chi connectivity index (χ0) is 21.1. The van der Waals surface area contributed by atoms with E-state index in [1.165, 1.54) is 28.0 Å². The van der Waals surface area contributed by atoms with Gasteiger partial charge in [0.05, 0.1) is 9.60 Å². The van der Waals surface area contributed by atoms with Gasteiger partial charge in [-0.15, -0.1) is 0 Å². The second-order valence-corrected chi connectivity index (χ2v) is 10.2. The summed E-state index contributed by atoms with van der Waals surface area (Å²) >= 11 is 1.40. The van der Waals surface area contributed by atoms with Gasteiger partial charge in [0, 0.05) is 30.4 Å². The fourth-order valence-corrected chi connectivity index (χ4v) is 5.47. The molecule has 0 atom stereocenters. The van der Waals surface area contributed by atoms with Gasteiger partial charge in [-0.05, 0) is 72.8 Å². The molecule has 158 valence electrons. The third-order valence-electron chi connectivity index (χ3n) is 5.21. The maximum Gasteiger partial charge on any atom is 0.262 e. The summed E-state index contributed by atoms with van der Waals surface area (Å²) in [7, 11) is -3.49. The molecule has 0 radical (unpaired) electrons. The molecule has 3 aromatic rings. The number of amides is 1. The Morgan fingerprint density at radius 2 is 1.93 bits per heavy atom. The van der Waals surface area contributed by atoms with Gasteiger partial charge >= 0.3 is 0 Å². The lowest BCUT2D eigenvalue weighted by Gasteiger charge is -2.29. The number of hydrogen-bond acceptors (Lipinski definition) is 6. The van der Waals surface area contributed by atoms with Crippen molar-refractivity contribution in [2.75, 3.05) is 25.0 Å². The quantitative estimate of drug-likeness (QED) is 0.624. The van der Waals surface area contributed by atoms with Gasteiger partial charge in [0.25, 0.3) is 5.91 Å². The fraction of sp³-hybridized carbons (Fsp3) is 0.333. The molecule has 0 aliphatic carbocycles. The number of fused-ring (bicyclic) bond motifs is 1. The molecular formula is C21H23N3O4S2. The predicted molar refractivity (Wildman–Crippen MR) is 117 cm³/mol. The van der Waals surface area contributed by atoms with Crippen LogP contribution in [0.2, 0.25) is 0 Å². The van der Waals surface area contributed by atoms with Crippen LogP contribution in [0.25, 0.3) is 10.1 Å². The van der Waals surface area contributed by atoms with Crippen LogP contribution in [0, 0.1) is 5.92 Å². The van der Waals surface area contributed by atoms with E-state index in [1.807, 2.05) is 18.2 Å². The van der Waals surface area contributed by atoms with E-state index in [4.69, 9.17) is 4.74 Å². The number of carbonyl (C=O) groups is 1. The van der Waals surface area contributed by atoms with E-state index >= 15 is 0 Å². The van der Waals surface area contributed by atoms with Crippen molar-refractivity contribution in [1.29, 1.82) is 0 Å². The number of hydrogen-bond donors (Lipinski definition) is 1. The Balaban J connectivity index is 1.33. The summed E-state index contributed by atoms with van der Waals surface area (Å²) in [4.78, 5) is 12.4. The fourth-order valence-electron chi connectivity index (χ4n) is 3.38. The zero-order valence-corrected chi connectivity index (χ0v) is 18.2. The number of rotatable bonds is 6. The SMILES string of the molecule is CC1CCN(S(=O)(=O)c2ccc(OCC(=O)Nc3ccc4sncc4c3)cc2)CC1. The summed E-state index contributed by atoms with van der Waals surface area (Å²) in [6.45, 7) is 3.07. The molecule has 0 spiro atoms. The highest BCUT2D eigenvalue weighted by molar-refractivity contribution is 7.89. The zero-order valence-electron chi connectivity index (χ0n) is 16.6. The first kappa shape index (κ1) is 20.8. The molecular weight excluding hydrogens is 422 g/mol. The number of carbonyl (C=O) groups excluding carboxylic acids is 1. The van der Waals surface area contributed by atoms with E-state index in [-0.39, 0.29) is 17.4 Å². The number of nitrogens with zero attached hydrogens (tertiary/aromatic N) is 2. The molecule has 0 saturated carbocycles. The van der Waals surface area contributed by atoms with Crippen LogP contribution in [0.4, 0.5) is 5.69 Å². The monoisotopic (exact) mass is 445 g/mol. The lowest BCUT2D eigenvalue weighted by Crippen LogP contribution is -2.37. The smallest absolute Gasteiger partial charge is 0.262 e. The Morgan fingerprint density at radius 1 is 1.20 bits per heavy atom. The van der Waals surface area contributed by atoms with E-state index in [0.717, 1.165) is 22.9 Å². The Hall–Kier alpha value is -2.49. The van der Waals surface area contributed by atoms with E-state index in [2.05, 4.69) is 16.6 Å². The highest BCUT2D eigenvalue weighted by Gasteiger charge is 2.27. The highest BCUT2D eigenvalue weighted by atomic mass is 32.2. The molecule has 1 N–H and O–H groups in total. The maximum atomic E-state index is 12.8. The molecule has 1 aliphatic rings. The van der Waals surface area contributed by atoms with Crippen molar-refractivity contribution < 1.29 is 17.9 Å². The van der Waals surface area contributed by atoms with Crippen LogP contribution in [0.3, 0.4) is 0 Å². The van der Waals surface area contributed by atoms with Gasteiger partial charge in [-0.1, -0.05) is 6.92 Å². The number of ether oxygens (including phenoxy) is 1. The van der Waals surface area contributed by atoms with Gasteiger partial charge in [-0.25, -0.2) is 8.42 Å². The van der Waals surface area contributed by atoms with Crippen LogP contribution in [0.15, 0.2) is 53.6 Å². The van der Waals surface area contributed by atoms with Gasteiger partial charge in [0.1, 0.15) is 5.75 Å². The summed E-state index contributed by atoms with van der Waals surface area (Å²) in [6.07, 6.45) is 3.52. The first-order chi connectivity index (χ1) is 14.4. The Kier molecular flexibility index (Phi) is 6.03. The molecule has 1 saturated heterocycles. The van der Waals surface area contributed by atoms with Crippen molar-refractivity contribution in [2.45, 2.75) is 24.7 Å². The number of aromatic nitrogens is 1. The molecule has 30 heavy (non-hydrogen) atoms. The standard InChI is InChI=1S/C21H23N3O4S2/c1-15-8-10-24(11-9-15)30(26,27)19-5-3-18(4-6-19)28-14-21(25)23-17-2-7-20-16(12-17)13-22-29-20/h2-7,12-13,15H,8-11,14H2,1H3,(H,23,25). The summed E-state index contributed by atoms with van der Waals surface area (Å²) in [5.74, 6) is 0.702. The van der Waals surface area contributed by atoms with Crippen molar-refractivity contribution >= 4 is 43.2 Å². The van der Waals surface area contributed by atoms with Gasteiger partial charge in [-0.2, -0.15) is 8.68 Å². The van der Waals surface area contributed by atoms with Crippen molar-refractivity contribution in [3.05, 3.63) is 48.7 Å². The number of sulfonamides is 1. The molecule has 2 heterocycles. The minimum Gasteiger partial charge on any atom is -0.484 e. The third kappa shape index (κ3) is 4.63. The van der Waals surface area contributed by atoms with Gasteiger partial charge in [0.2, 0.25) is 10.0 Å². The summed E-state index contributed by atoms with van der Waals surface area (Å²) in [6, 6.07) is 11.8. The van der Waals surface area contributed by atoms with E-state index in [1.54, 1.807) is 18.3 Å². The van der Waals surface area contributed by atoms with Crippen molar-refractivity contribution in [2.24, 2.45) is 5.92 Å². The van der Waals surface area contributed by atoms with Crippen molar-refractivity contribution in [3.8, 4) is 5.75 Å². The molecule has 4 rings (SSSR count). The Morgan fingerprint density at radius 3 is 2.67 bits per heavy atom. The third-order valence-corrected chi connectivity index (χ3v) is 7.90. The minimum atomic E-state index is -3.49. The highest BCUT2D eigenvalue weighted by Crippen LogP contribution is 2.25. The van der Waals surface area contributed by atoms with Crippen LogP contribution >= 0.6 is 11.5 Å². The van der Waals surface area contributed by atoms with E-state index in [9.17, 15) is 13.2 Å². The van der Waals surface area contributed by atoms with Crippen molar-refractivity contribution in [1.82, 2.24) is 8.68 Å². The van der Waals surface area contributed by atoms with Crippen LogP contribution in [-0.2, 0) is 14.8 Å². The second kappa shape index (κ2) is 8.71. The molecule has 7 nitrogen and oxygen atoms in total. The van der Waals surface area contributed by atoms with Gasteiger partial charge < -0.3 is 10.1 Å². The minimum absolute atomic E-state index is 0.171. The molecule has 1 aliphatic heterocycles. The largest absolute Gasteiger partial charge is 0.484 e. The van der Waals surface area contributed by atoms with Crippen LogP contribution in [-0.4, -0.2) is 42.7 Å². The Labute approximate surface area is 179 Å². The summed E-state index contributed by atoms with van der Waals surface area (Å²) < 4.78 is 37.7. The topological polar surface area (TPSA) is 88.6 Å². The number of benzene rings is 2. The molecule has 0 unspecified atom stereocenters. The Bertz CT molecular complexity index is 1130. The van der Waals surface area contributed by atoms with Crippen molar-refractivity contribution in [3.63, 3.8) is 0 Å². The molecule has 1 amide bonds. The van der Waals surface area contributed by atoms with Crippen LogP contribution in [0.1, 0.15) is 19.8 Å². The summed E-state index contributed by atoms with van der Waals surface area (Å²) in [5, 5.41) is 3.76. The maximum absolute atomic E-state index is 12.8. The average molecular weight is 446 g/mol. The number of anilines is 1. The summed E-state index contributed by atoms with van der Waals surface area (Å²) in [5.41, 5.74) is 0.675. The normalized spacial score (nSPS) is 15.9. The van der Waals surface area contributed by atoms with Gasteiger partial charge in [-0.3, -0.25) is 4.79 Å². The first-order valence-electron chi connectivity index (χ1n) is 9.79. The molecule has 1 fully saturated rings. The average Bonchev–Trinajstić information content (AvgIpc) is 3.21. The molecule has 0 bridgehead atoms. The number of piperidine rings is 1. The second-order valence-electron chi connectivity index (χ2n) is 7.47. The molecule has 9 heteroatoms. The van der Waals surface area contributed by atoms with E-state index in [0.29, 0.717) is 30.4 Å². The predicted octanol–water partition coefficient (Wildman–Crippen LogP) is 3.73. The van der Waals surface area contributed by atoms with Crippen LogP contribution in [0.5, 0.6) is 5.75 Å². The first-order valence-corrected chi connectivity index (χ1v) is 12.0. The lowest BCUT2D eigenvalue weighted by molar-refractivity contribution is -0.118. The molecule has 1 aromatic heterocycles.